The number of fused-ring (bicyclic) bond motifs is 1. The summed E-state index contributed by atoms with van der Waals surface area (Å²) in [5, 5.41) is 2.16. The minimum absolute atomic E-state index is 0.0608. The Morgan fingerprint density at radius 2 is 1.88 bits per heavy atom. The van der Waals surface area contributed by atoms with Gasteiger partial charge in [0, 0.05) is 23.2 Å². The van der Waals surface area contributed by atoms with E-state index >= 15 is 0 Å². The molecule has 4 nitrogen and oxygen atoms in total. The first-order valence-corrected chi connectivity index (χ1v) is 8.53. The first kappa shape index (κ1) is 17.3. The van der Waals surface area contributed by atoms with Crippen LogP contribution in [0.2, 0.25) is 0 Å². The Kier molecular flexibility index (Phi) is 4.95. The van der Waals surface area contributed by atoms with Crippen molar-refractivity contribution in [1.29, 1.82) is 0 Å². The van der Waals surface area contributed by atoms with Gasteiger partial charge < -0.3 is 5.32 Å². The van der Waals surface area contributed by atoms with E-state index in [0.717, 1.165) is 17.0 Å². The van der Waals surface area contributed by atoms with Crippen LogP contribution in [0.25, 0.3) is 5.65 Å². The van der Waals surface area contributed by atoms with Gasteiger partial charge in [-0.25, -0.2) is 9.37 Å². The summed E-state index contributed by atoms with van der Waals surface area (Å²) in [5.41, 5.74) is 3.30. The van der Waals surface area contributed by atoms with Crippen LogP contribution >= 0.6 is 0 Å². The van der Waals surface area contributed by atoms with Crippen LogP contribution in [0.15, 0.2) is 53.3 Å². The number of aromatic nitrogens is 2. The Hall–Kier alpha value is -2.53. The lowest BCUT2D eigenvalue weighted by Gasteiger charge is -2.19. The number of benzene rings is 1. The Morgan fingerprint density at radius 3 is 2.56 bits per heavy atom. The third-order valence-corrected chi connectivity index (χ3v) is 4.49. The molecular formula is C20H23FN3O+. The quantitative estimate of drug-likeness (QED) is 0.776. The molecule has 25 heavy (non-hydrogen) atoms. The summed E-state index contributed by atoms with van der Waals surface area (Å²) in [5.74, 6) is 0.139. The number of nitrogens with zero attached hydrogens (tertiary/aromatic N) is 2. The Balaban J connectivity index is 1.85. The number of quaternary nitrogens is 1. The molecule has 0 unspecified atom stereocenters. The molecule has 1 atom stereocenters. The molecule has 0 saturated carbocycles. The fourth-order valence-corrected chi connectivity index (χ4v) is 3.19. The standard InChI is InChI=1S/C20H22FN3O/c1-13(2)20(15-7-9-16(21)10-8-15)22-12-17-11-19(25)24-14(3)5-4-6-18(24)23-17/h4-11,13,20,22H,12H2,1-3H3/p+1/t20-/m1/s1. The maximum Gasteiger partial charge on any atom is 0.258 e. The molecule has 5 heteroatoms. The van der Waals surface area contributed by atoms with Gasteiger partial charge in [-0.2, -0.15) is 0 Å². The summed E-state index contributed by atoms with van der Waals surface area (Å²) in [6.07, 6.45) is 0. The second kappa shape index (κ2) is 7.15. The molecule has 0 fully saturated rings. The third-order valence-electron chi connectivity index (χ3n) is 4.49. The van der Waals surface area contributed by atoms with Gasteiger partial charge in [0.05, 0.1) is 0 Å². The second-order valence-corrected chi connectivity index (χ2v) is 6.71. The largest absolute Gasteiger partial charge is 0.335 e. The number of hydrogen-bond donors (Lipinski definition) is 1. The summed E-state index contributed by atoms with van der Waals surface area (Å²) < 4.78 is 14.8. The Morgan fingerprint density at radius 1 is 1.16 bits per heavy atom. The zero-order valence-electron chi connectivity index (χ0n) is 14.7. The van der Waals surface area contributed by atoms with Gasteiger partial charge in [-0.15, -0.1) is 0 Å². The van der Waals surface area contributed by atoms with Crippen molar-refractivity contribution in [3.05, 3.63) is 81.7 Å². The number of aryl methyl sites for hydroxylation is 1. The highest BCUT2D eigenvalue weighted by Crippen LogP contribution is 2.18. The van der Waals surface area contributed by atoms with Gasteiger partial charge in [-0.1, -0.05) is 32.0 Å². The predicted octanol–water partition coefficient (Wildman–Crippen LogP) is 2.60. The molecule has 2 N–H and O–H groups in total. The maximum absolute atomic E-state index is 13.2. The lowest BCUT2D eigenvalue weighted by atomic mass is 9.96. The van der Waals surface area contributed by atoms with Gasteiger partial charge in [-0.3, -0.25) is 9.20 Å². The zero-order valence-corrected chi connectivity index (χ0v) is 14.7. The van der Waals surface area contributed by atoms with Crippen molar-refractivity contribution >= 4 is 5.65 Å². The molecule has 3 rings (SSSR count). The maximum atomic E-state index is 13.2. The molecule has 0 radical (unpaired) electrons. The average molecular weight is 340 g/mol. The van der Waals surface area contributed by atoms with E-state index < -0.39 is 0 Å². The van der Waals surface area contributed by atoms with Crippen molar-refractivity contribution in [2.24, 2.45) is 5.92 Å². The summed E-state index contributed by atoms with van der Waals surface area (Å²) in [7, 11) is 0. The SMILES string of the molecule is Cc1cccc2nc(C[NH2+][C@@H](c3ccc(F)cc3)C(C)C)cc(=O)n12. The van der Waals surface area contributed by atoms with E-state index in [1.165, 1.54) is 12.1 Å². The Labute approximate surface area is 146 Å². The van der Waals surface area contributed by atoms with E-state index in [4.69, 9.17) is 0 Å². The molecule has 0 bridgehead atoms. The molecule has 0 spiro atoms. The minimum atomic E-state index is -0.231. The molecule has 0 aliphatic heterocycles. The fraction of sp³-hybridized carbons (Fsp3) is 0.300. The molecule has 2 aromatic heterocycles. The van der Waals surface area contributed by atoms with Gasteiger partial charge in [0.2, 0.25) is 0 Å². The molecule has 2 heterocycles. The molecule has 0 amide bonds. The topological polar surface area (TPSA) is 51.0 Å². The summed E-state index contributed by atoms with van der Waals surface area (Å²) in [6, 6.07) is 14.0. The molecular weight excluding hydrogens is 317 g/mol. The van der Waals surface area contributed by atoms with Crippen LogP contribution in [-0.4, -0.2) is 9.38 Å². The van der Waals surface area contributed by atoms with Gasteiger partial charge in [-0.05, 0) is 31.2 Å². The fourth-order valence-electron chi connectivity index (χ4n) is 3.19. The van der Waals surface area contributed by atoms with Crippen LogP contribution in [-0.2, 0) is 6.54 Å². The molecule has 1 aromatic carbocycles. The lowest BCUT2D eigenvalue weighted by molar-refractivity contribution is -0.717. The van der Waals surface area contributed by atoms with E-state index in [1.807, 2.05) is 37.3 Å². The lowest BCUT2D eigenvalue weighted by Crippen LogP contribution is -2.84. The summed E-state index contributed by atoms with van der Waals surface area (Å²) >= 11 is 0. The zero-order chi connectivity index (χ0) is 18.0. The van der Waals surface area contributed by atoms with Gasteiger partial charge in [0.25, 0.3) is 5.56 Å². The van der Waals surface area contributed by atoms with Crippen molar-refractivity contribution in [2.75, 3.05) is 0 Å². The normalized spacial score (nSPS) is 12.7. The summed E-state index contributed by atoms with van der Waals surface area (Å²) in [6.45, 7) is 6.76. The smallest absolute Gasteiger partial charge is 0.258 e. The molecule has 0 aliphatic carbocycles. The molecule has 0 aliphatic rings. The predicted molar refractivity (Wildman–Crippen MR) is 95.8 cm³/mol. The minimum Gasteiger partial charge on any atom is -0.335 e. The van der Waals surface area contributed by atoms with Crippen molar-refractivity contribution in [3.63, 3.8) is 0 Å². The van der Waals surface area contributed by atoms with E-state index in [-0.39, 0.29) is 17.4 Å². The third kappa shape index (κ3) is 3.77. The van der Waals surface area contributed by atoms with Gasteiger partial charge in [0.15, 0.2) is 0 Å². The summed E-state index contributed by atoms with van der Waals surface area (Å²) in [4.78, 5) is 17.0. The van der Waals surface area contributed by atoms with Crippen LogP contribution in [0.5, 0.6) is 0 Å². The highest BCUT2D eigenvalue weighted by atomic mass is 19.1. The molecule has 0 saturated heterocycles. The van der Waals surface area contributed by atoms with Crippen molar-refractivity contribution in [2.45, 2.75) is 33.4 Å². The van der Waals surface area contributed by atoms with Crippen LogP contribution in [0, 0.1) is 18.7 Å². The number of halogens is 1. The van der Waals surface area contributed by atoms with Crippen molar-refractivity contribution in [3.8, 4) is 0 Å². The number of pyridine rings is 1. The second-order valence-electron chi connectivity index (χ2n) is 6.71. The van der Waals surface area contributed by atoms with Crippen LogP contribution < -0.4 is 10.9 Å². The number of hydrogen-bond acceptors (Lipinski definition) is 2. The Bertz CT molecular complexity index is 932. The van der Waals surface area contributed by atoms with Gasteiger partial charge >= 0.3 is 0 Å². The van der Waals surface area contributed by atoms with E-state index in [9.17, 15) is 9.18 Å². The first-order valence-electron chi connectivity index (χ1n) is 8.53. The van der Waals surface area contributed by atoms with Crippen LogP contribution in [0.3, 0.4) is 0 Å². The van der Waals surface area contributed by atoms with E-state index in [0.29, 0.717) is 18.1 Å². The van der Waals surface area contributed by atoms with Crippen molar-refractivity contribution < 1.29 is 9.71 Å². The van der Waals surface area contributed by atoms with E-state index in [1.54, 1.807) is 10.5 Å². The monoisotopic (exact) mass is 340 g/mol. The average Bonchev–Trinajstić information content (AvgIpc) is 2.56. The number of nitrogens with two attached hydrogens (primary N) is 1. The van der Waals surface area contributed by atoms with Crippen molar-refractivity contribution in [1.82, 2.24) is 9.38 Å². The first-order chi connectivity index (χ1) is 12.0. The number of rotatable bonds is 5. The van der Waals surface area contributed by atoms with Crippen LogP contribution in [0.1, 0.15) is 36.8 Å². The molecule has 130 valence electrons. The molecule has 3 aromatic rings. The van der Waals surface area contributed by atoms with E-state index in [2.05, 4.69) is 24.1 Å². The highest BCUT2D eigenvalue weighted by Gasteiger charge is 2.19. The van der Waals surface area contributed by atoms with Crippen LogP contribution in [0.4, 0.5) is 4.39 Å². The van der Waals surface area contributed by atoms with Gasteiger partial charge in [0.1, 0.15) is 29.7 Å². The highest BCUT2D eigenvalue weighted by molar-refractivity contribution is 5.40.